The van der Waals surface area contributed by atoms with Gasteiger partial charge < -0.3 is 5.73 Å². The van der Waals surface area contributed by atoms with E-state index in [-0.39, 0.29) is 5.95 Å². The number of halogens is 1. The SMILES string of the molecule is CN(C=O)c1nccc(-c2ccc3c(N)nc(-c4cccc(Br)c4)nc3n2)n1. The first-order valence-corrected chi connectivity index (χ1v) is 9.06. The molecule has 4 aromatic rings. The zero-order chi connectivity index (χ0) is 19.7. The fourth-order valence-electron chi connectivity index (χ4n) is 2.64. The van der Waals surface area contributed by atoms with Crippen LogP contribution in [0.2, 0.25) is 0 Å². The third-order valence-electron chi connectivity index (χ3n) is 4.05. The quantitative estimate of drug-likeness (QED) is 0.490. The molecule has 0 saturated heterocycles. The number of fused-ring (bicyclic) bond motifs is 1. The van der Waals surface area contributed by atoms with Gasteiger partial charge in [-0.15, -0.1) is 0 Å². The Morgan fingerprint density at radius 2 is 1.86 bits per heavy atom. The van der Waals surface area contributed by atoms with E-state index in [9.17, 15) is 4.79 Å². The fraction of sp³-hybridized carbons (Fsp3) is 0.0526. The summed E-state index contributed by atoms with van der Waals surface area (Å²) < 4.78 is 0.918. The number of nitrogens with zero attached hydrogens (tertiary/aromatic N) is 6. The average molecular weight is 436 g/mol. The van der Waals surface area contributed by atoms with Crippen molar-refractivity contribution in [2.24, 2.45) is 0 Å². The van der Waals surface area contributed by atoms with Crippen molar-refractivity contribution in [1.29, 1.82) is 0 Å². The summed E-state index contributed by atoms with van der Waals surface area (Å²) in [6, 6.07) is 13.0. The first-order valence-electron chi connectivity index (χ1n) is 8.27. The highest BCUT2D eigenvalue weighted by Crippen LogP contribution is 2.26. The lowest BCUT2D eigenvalue weighted by Crippen LogP contribution is -2.17. The van der Waals surface area contributed by atoms with E-state index in [1.807, 2.05) is 30.3 Å². The first kappa shape index (κ1) is 17.9. The lowest BCUT2D eigenvalue weighted by atomic mass is 10.2. The zero-order valence-corrected chi connectivity index (χ0v) is 16.3. The fourth-order valence-corrected chi connectivity index (χ4v) is 3.04. The van der Waals surface area contributed by atoms with Crippen LogP contribution in [0.15, 0.2) is 53.1 Å². The molecule has 28 heavy (non-hydrogen) atoms. The molecule has 9 heteroatoms. The van der Waals surface area contributed by atoms with Gasteiger partial charge in [-0.05, 0) is 30.3 Å². The molecule has 3 heterocycles. The topological polar surface area (TPSA) is 111 Å². The molecule has 3 aromatic heterocycles. The summed E-state index contributed by atoms with van der Waals surface area (Å²) in [5.74, 6) is 1.12. The predicted molar refractivity (Wildman–Crippen MR) is 110 cm³/mol. The minimum absolute atomic E-state index is 0.284. The van der Waals surface area contributed by atoms with Crippen LogP contribution in [0.3, 0.4) is 0 Å². The summed E-state index contributed by atoms with van der Waals surface area (Å²) in [5.41, 5.74) is 8.58. The van der Waals surface area contributed by atoms with Crippen LogP contribution in [0.25, 0.3) is 33.8 Å². The van der Waals surface area contributed by atoms with Crippen LogP contribution in [0.4, 0.5) is 11.8 Å². The van der Waals surface area contributed by atoms with Crippen LogP contribution >= 0.6 is 15.9 Å². The molecule has 0 radical (unpaired) electrons. The van der Waals surface area contributed by atoms with Gasteiger partial charge in [0.05, 0.1) is 16.8 Å². The lowest BCUT2D eigenvalue weighted by molar-refractivity contribution is -0.107. The average Bonchev–Trinajstić information content (AvgIpc) is 2.72. The molecule has 0 fully saturated rings. The molecule has 1 aromatic carbocycles. The molecule has 0 aliphatic carbocycles. The van der Waals surface area contributed by atoms with Crippen molar-refractivity contribution in [3.8, 4) is 22.8 Å². The van der Waals surface area contributed by atoms with Gasteiger partial charge in [-0.3, -0.25) is 9.69 Å². The number of pyridine rings is 1. The van der Waals surface area contributed by atoms with Crippen molar-refractivity contribution in [2.45, 2.75) is 0 Å². The van der Waals surface area contributed by atoms with Gasteiger partial charge in [0.25, 0.3) is 0 Å². The number of rotatable bonds is 4. The number of carbonyl (C=O) groups is 1. The molecule has 1 amide bonds. The van der Waals surface area contributed by atoms with Gasteiger partial charge in [-0.25, -0.2) is 24.9 Å². The Kier molecular flexibility index (Phi) is 4.66. The number of carbonyl (C=O) groups excluding carboxylic acids is 1. The minimum atomic E-state index is 0.284. The van der Waals surface area contributed by atoms with Crippen molar-refractivity contribution in [2.75, 3.05) is 17.7 Å². The number of aromatic nitrogens is 5. The van der Waals surface area contributed by atoms with Gasteiger partial charge in [0.2, 0.25) is 12.4 Å². The highest BCUT2D eigenvalue weighted by atomic mass is 79.9. The largest absolute Gasteiger partial charge is 0.383 e. The molecule has 0 spiro atoms. The molecule has 4 rings (SSSR count). The Morgan fingerprint density at radius 3 is 2.64 bits per heavy atom. The Hall–Kier alpha value is -3.46. The van der Waals surface area contributed by atoms with Gasteiger partial charge in [-0.2, -0.15) is 0 Å². The molecular formula is C19H14BrN7O. The van der Waals surface area contributed by atoms with Crippen molar-refractivity contribution >= 4 is 45.1 Å². The molecule has 0 aliphatic heterocycles. The van der Waals surface area contributed by atoms with Gasteiger partial charge in [0.15, 0.2) is 11.5 Å². The number of nitrogen functional groups attached to an aromatic ring is 1. The van der Waals surface area contributed by atoms with Crippen LogP contribution < -0.4 is 10.6 Å². The smallest absolute Gasteiger partial charge is 0.232 e. The third-order valence-corrected chi connectivity index (χ3v) is 4.54. The van der Waals surface area contributed by atoms with Gasteiger partial charge in [0, 0.05) is 23.3 Å². The molecular weight excluding hydrogens is 422 g/mol. The molecule has 8 nitrogen and oxygen atoms in total. The second-order valence-corrected chi connectivity index (χ2v) is 6.88. The Labute approximate surface area is 168 Å². The predicted octanol–water partition coefficient (Wildman–Crippen LogP) is 3.09. The van der Waals surface area contributed by atoms with Crippen molar-refractivity contribution in [3.05, 3.63) is 53.1 Å². The Bertz CT molecular complexity index is 1200. The van der Waals surface area contributed by atoms with E-state index in [0.717, 1.165) is 10.0 Å². The number of hydrogen-bond acceptors (Lipinski definition) is 7. The molecule has 0 unspecified atom stereocenters. The van der Waals surface area contributed by atoms with E-state index >= 15 is 0 Å². The summed E-state index contributed by atoms with van der Waals surface area (Å²) in [6.45, 7) is 0. The normalized spacial score (nSPS) is 10.8. The Morgan fingerprint density at radius 1 is 1.04 bits per heavy atom. The molecule has 2 N–H and O–H groups in total. The maximum Gasteiger partial charge on any atom is 0.232 e. The molecule has 0 saturated carbocycles. The van der Waals surface area contributed by atoms with Crippen molar-refractivity contribution < 1.29 is 4.79 Å². The summed E-state index contributed by atoms with van der Waals surface area (Å²) in [6.07, 6.45) is 2.22. The molecule has 138 valence electrons. The number of benzene rings is 1. The minimum Gasteiger partial charge on any atom is -0.383 e. The van der Waals surface area contributed by atoms with E-state index < -0.39 is 0 Å². The van der Waals surface area contributed by atoms with E-state index in [2.05, 4.69) is 40.8 Å². The first-order chi connectivity index (χ1) is 13.5. The molecule has 0 bridgehead atoms. The maximum atomic E-state index is 11.0. The zero-order valence-electron chi connectivity index (χ0n) is 14.7. The van der Waals surface area contributed by atoms with Gasteiger partial charge in [-0.1, -0.05) is 28.1 Å². The van der Waals surface area contributed by atoms with Gasteiger partial charge in [0.1, 0.15) is 5.82 Å². The van der Waals surface area contributed by atoms with Crippen LogP contribution in [-0.2, 0) is 4.79 Å². The summed E-state index contributed by atoms with van der Waals surface area (Å²) in [7, 11) is 1.58. The van der Waals surface area contributed by atoms with Crippen LogP contribution in [0.5, 0.6) is 0 Å². The molecule has 0 atom stereocenters. The van der Waals surface area contributed by atoms with E-state index in [1.54, 1.807) is 25.4 Å². The lowest BCUT2D eigenvalue weighted by Gasteiger charge is -2.10. The summed E-state index contributed by atoms with van der Waals surface area (Å²) in [4.78, 5) is 34.3. The van der Waals surface area contributed by atoms with Crippen LogP contribution in [0, 0.1) is 0 Å². The Balaban J connectivity index is 1.83. The van der Waals surface area contributed by atoms with E-state index in [4.69, 9.17) is 5.73 Å². The number of hydrogen-bond donors (Lipinski definition) is 1. The standard InChI is InChI=1S/C19H14BrN7O/c1-27(10-28)19-22-8-7-15(24-19)14-6-5-13-16(21)25-17(26-18(13)23-14)11-3-2-4-12(20)9-11/h2-10H,1H3,(H2,21,23,25,26). The van der Waals surface area contributed by atoms with Crippen LogP contribution in [-0.4, -0.2) is 38.4 Å². The second kappa shape index (κ2) is 7.28. The van der Waals surface area contributed by atoms with Crippen molar-refractivity contribution in [3.63, 3.8) is 0 Å². The van der Waals surface area contributed by atoms with Crippen LogP contribution in [0.1, 0.15) is 0 Å². The maximum absolute atomic E-state index is 11.0. The number of amides is 1. The van der Waals surface area contributed by atoms with E-state index in [1.165, 1.54) is 4.90 Å². The highest BCUT2D eigenvalue weighted by molar-refractivity contribution is 9.10. The summed E-state index contributed by atoms with van der Waals surface area (Å²) >= 11 is 3.45. The van der Waals surface area contributed by atoms with Gasteiger partial charge >= 0.3 is 0 Å². The second-order valence-electron chi connectivity index (χ2n) is 5.97. The van der Waals surface area contributed by atoms with Crippen molar-refractivity contribution in [1.82, 2.24) is 24.9 Å². The highest BCUT2D eigenvalue weighted by Gasteiger charge is 2.12. The summed E-state index contributed by atoms with van der Waals surface area (Å²) in [5, 5.41) is 0.654. The monoisotopic (exact) mass is 435 g/mol. The number of nitrogens with two attached hydrogens (primary N) is 1. The van der Waals surface area contributed by atoms with E-state index in [0.29, 0.717) is 40.5 Å². The number of anilines is 2. The molecule has 0 aliphatic rings. The third kappa shape index (κ3) is 3.39.